The molecule has 0 fully saturated rings. The van der Waals surface area contributed by atoms with Gasteiger partial charge in [0.2, 0.25) is 5.76 Å². The van der Waals surface area contributed by atoms with Crippen LogP contribution < -0.4 is 5.43 Å². The minimum atomic E-state index is -0.651. The maximum absolute atomic E-state index is 13.1. The van der Waals surface area contributed by atoms with Gasteiger partial charge < -0.3 is 14.4 Å². The largest absolute Gasteiger partial charge is 0.450 e. The van der Waals surface area contributed by atoms with Gasteiger partial charge in [-0.2, -0.15) is 0 Å². The molecule has 0 aliphatic carbocycles. The third kappa shape index (κ3) is 2.60. The van der Waals surface area contributed by atoms with Gasteiger partial charge in [-0.25, -0.2) is 0 Å². The highest BCUT2D eigenvalue weighted by atomic mass is 35.5. The van der Waals surface area contributed by atoms with E-state index in [4.69, 9.17) is 27.6 Å². The number of amides is 1. The van der Waals surface area contributed by atoms with E-state index < -0.39 is 11.9 Å². The first kappa shape index (κ1) is 17.1. The van der Waals surface area contributed by atoms with Crippen LogP contribution in [0.2, 0.25) is 10.0 Å². The fourth-order valence-corrected chi connectivity index (χ4v) is 3.62. The molecule has 1 unspecified atom stereocenters. The number of β-amino-alcohol motifs (C(OH)–C–C–N with tert-alkyl or cyclic N) is 1. The van der Waals surface area contributed by atoms with E-state index in [0.29, 0.717) is 26.6 Å². The zero-order valence-electron chi connectivity index (χ0n) is 13.4. The molecule has 7 heteroatoms. The first-order valence-electron chi connectivity index (χ1n) is 7.95. The average Bonchev–Trinajstić information content (AvgIpc) is 2.90. The summed E-state index contributed by atoms with van der Waals surface area (Å²) < 4.78 is 5.75. The number of hydrogen-bond donors (Lipinski definition) is 1. The number of fused-ring (bicyclic) bond motifs is 2. The van der Waals surface area contributed by atoms with Crippen LogP contribution in [0.5, 0.6) is 0 Å². The highest BCUT2D eigenvalue weighted by Gasteiger charge is 2.42. The molecule has 2 heterocycles. The van der Waals surface area contributed by atoms with Gasteiger partial charge in [0, 0.05) is 16.6 Å². The second-order valence-electron chi connectivity index (χ2n) is 5.99. The Balaban J connectivity index is 2.01. The molecule has 132 valence electrons. The third-order valence-electron chi connectivity index (χ3n) is 4.45. The van der Waals surface area contributed by atoms with Gasteiger partial charge in [0.1, 0.15) is 5.58 Å². The van der Waals surface area contributed by atoms with Crippen LogP contribution in [-0.4, -0.2) is 29.1 Å². The number of carbonyl (C=O) groups is 1. The highest BCUT2D eigenvalue weighted by molar-refractivity contribution is 6.31. The van der Waals surface area contributed by atoms with Crippen molar-refractivity contribution in [2.24, 2.45) is 0 Å². The minimum absolute atomic E-state index is 0.00165. The second-order valence-corrected chi connectivity index (χ2v) is 6.86. The Bertz CT molecular complexity index is 1080. The Kier molecular flexibility index (Phi) is 4.23. The molecule has 1 aromatic heterocycles. The minimum Gasteiger partial charge on any atom is -0.450 e. The summed E-state index contributed by atoms with van der Waals surface area (Å²) in [7, 11) is 0. The lowest BCUT2D eigenvalue weighted by molar-refractivity contribution is 0.0691. The van der Waals surface area contributed by atoms with Crippen molar-refractivity contribution in [3.63, 3.8) is 0 Å². The van der Waals surface area contributed by atoms with E-state index >= 15 is 0 Å². The van der Waals surface area contributed by atoms with Crippen LogP contribution >= 0.6 is 23.2 Å². The van der Waals surface area contributed by atoms with Gasteiger partial charge in [0.05, 0.1) is 23.6 Å². The molecule has 1 N–H and O–H groups in total. The third-order valence-corrected chi connectivity index (χ3v) is 4.94. The molecule has 5 nitrogen and oxygen atoms in total. The Morgan fingerprint density at radius 1 is 1.04 bits per heavy atom. The lowest BCUT2D eigenvalue weighted by atomic mass is 9.98. The molecule has 4 rings (SSSR count). The fourth-order valence-electron chi connectivity index (χ4n) is 3.32. The summed E-state index contributed by atoms with van der Waals surface area (Å²) in [5, 5.41) is 10.7. The standard InChI is InChI=1S/C19H13Cl2NO4/c20-11-3-1-10(2-4-11)16-15-17(24)13-9-12(21)5-6-14(13)26-18(15)19(25)22(16)7-8-23/h1-6,9,16,23H,7-8H2. The molecule has 26 heavy (non-hydrogen) atoms. The Labute approximate surface area is 158 Å². The molecule has 0 radical (unpaired) electrons. The van der Waals surface area contributed by atoms with E-state index in [1.807, 2.05) is 0 Å². The van der Waals surface area contributed by atoms with Crippen molar-refractivity contribution >= 4 is 40.1 Å². The van der Waals surface area contributed by atoms with Crippen molar-refractivity contribution in [2.75, 3.05) is 13.2 Å². The fraction of sp³-hybridized carbons (Fsp3) is 0.158. The zero-order chi connectivity index (χ0) is 18.4. The van der Waals surface area contributed by atoms with Gasteiger partial charge in [-0.3, -0.25) is 9.59 Å². The van der Waals surface area contributed by atoms with E-state index in [0.717, 1.165) is 0 Å². The van der Waals surface area contributed by atoms with Crippen LogP contribution in [0.4, 0.5) is 0 Å². The number of carbonyl (C=O) groups excluding carboxylic acids is 1. The molecule has 0 spiro atoms. The maximum Gasteiger partial charge on any atom is 0.290 e. The summed E-state index contributed by atoms with van der Waals surface area (Å²) in [6.45, 7) is -0.157. The zero-order valence-corrected chi connectivity index (χ0v) is 14.9. The van der Waals surface area contributed by atoms with Gasteiger partial charge in [-0.15, -0.1) is 0 Å². The Morgan fingerprint density at radius 2 is 1.73 bits per heavy atom. The number of hydrogen-bond acceptors (Lipinski definition) is 4. The van der Waals surface area contributed by atoms with E-state index in [1.165, 1.54) is 11.0 Å². The lowest BCUT2D eigenvalue weighted by Crippen LogP contribution is -2.32. The molecular weight excluding hydrogens is 377 g/mol. The summed E-state index contributed by atoms with van der Waals surface area (Å²) in [5.41, 5.74) is 0.953. The molecule has 3 aromatic rings. The van der Waals surface area contributed by atoms with Crippen LogP contribution in [-0.2, 0) is 0 Å². The first-order valence-corrected chi connectivity index (χ1v) is 8.70. The van der Waals surface area contributed by atoms with Gasteiger partial charge in [-0.1, -0.05) is 35.3 Å². The second kappa shape index (κ2) is 6.43. The Hall–Kier alpha value is -2.34. The first-order chi connectivity index (χ1) is 12.5. The van der Waals surface area contributed by atoms with Gasteiger partial charge >= 0.3 is 0 Å². The van der Waals surface area contributed by atoms with E-state index in [-0.39, 0.29) is 29.9 Å². The number of rotatable bonds is 3. The Morgan fingerprint density at radius 3 is 2.42 bits per heavy atom. The number of aliphatic hydroxyl groups excluding tert-OH is 1. The van der Waals surface area contributed by atoms with Gasteiger partial charge in [-0.05, 0) is 35.9 Å². The van der Waals surface area contributed by atoms with Gasteiger partial charge in [0.25, 0.3) is 5.91 Å². The topological polar surface area (TPSA) is 70.8 Å². The monoisotopic (exact) mass is 389 g/mol. The van der Waals surface area contributed by atoms with Crippen molar-refractivity contribution in [1.29, 1.82) is 0 Å². The normalized spacial score (nSPS) is 16.3. The van der Waals surface area contributed by atoms with E-state index in [9.17, 15) is 14.7 Å². The summed E-state index contributed by atoms with van der Waals surface area (Å²) in [4.78, 5) is 27.4. The smallest absolute Gasteiger partial charge is 0.290 e. The van der Waals surface area contributed by atoms with E-state index in [1.54, 1.807) is 36.4 Å². The predicted molar refractivity (Wildman–Crippen MR) is 98.9 cm³/mol. The van der Waals surface area contributed by atoms with Crippen LogP contribution in [0, 0.1) is 0 Å². The summed E-state index contributed by atoms with van der Waals surface area (Å²) >= 11 is 12.0. The van der Waals surface area contributed by atoms with Crippen LogP contribution in [0.1, 0.15) is 27.7 Å². The molecule has 1 aliphatic heterocycles. The van der Waals surface area contributed by atoms with Crippen molar-refractivity contribution in [2.45, 2.75) is 6.04 Å². The number of benzene rings is 2. The van der Waals surface area contributed by atoms with Crippen LogP contribution in [0.25, 0.3) is 11.0 Å². The lowest BCUT2D eigenvalue weighted by Gasteiger charge is -2.24. The molecule has 0 saturated heterocycles. The summed E-state index contributed by atoms with van der Waals surface area (Å²) in [6.07, 6.45) is 0. The van der Waals surface area contributed by atoms with E-state index in [2.05, 4.69) is 0 Å². The average molecular weight is 390 g/mol. The SMILES string of the molecule is O=C1c2oc3ccc(Cl)cc3c(=O)c2C(c2ccc(Cl)cc2)N1CCO. The van der Waals surface area contributed by atoms with Crippen LogP contribution in [0.3, 0.4) is 0 Å². The van der Waals surface area contributed by atoms with Crippen molar-refractivity contribution in [3.05, 3.63) is 79.6 Å². The quantitative estimate of drug-likeness (QED) is 0.742. The predicted octanol–water partition coefficient (Wildman–Crippen LogP) is 3.64. The summed E-state index contributed by atoms with van der Waals surface area (Å²) in [5.74, 6) is -0.429. The van der Waals surface area contributed by atoms with Crippen molar-refractivity contribution in [1.82, 2.24) is 4.90 Å². The molecule has 1 amide bonds. The molecule has 0 bridgehead atoms. The maximum atomic E-state index is 13.1. The number of aliphatic hydroxyl groups is 1. The van der Waals surface area contributed by atoms with Crippen molar-refractivity contribution in [3.8, 4) is 0 Å². The number of nitrogens with zero attached hydrogens (tertiary/aromatic N) is 1. The highest BCUT2D eigenvalue weighted by Crippen LogP contribution is 2.38. The molecule has 1 aliphatic rings. The number of halogens is 2. The molecule has 2 aromatic carbocycles. The molecular formula is C19H13Cl2NO4. The van der Waals surface area contributed by atoms with Gasteiger partial charge in [0.15, 0.2) is 5.43 Å². The molecule has 0 saturated carbocycles. The van der Waals surface area contributed by atoms with Crippen LogP contribution in [0.15, 0.2) is 51.7 Å². The summed E-state index contributed by atoms with van der Waals surface area (Å²) in [6, 6.07) is 10.9. The molecule has 1 atom stereocenters. The van der Waals surface area contributed by atoms with Crippen molar-refractivity contribution < 1.29 is 14.3 Å².